The smallest absolute Gasteiger partial charge is 0.263 e. The third-order valence-corrected chi connectivity index (χ3v) is 6.09. The van der Waals surface area contributed by atoms with E-state index < -0.39 is 6.10 Å². The van der Waals surface area contributed by atoms with Gasteiger partial charge in [0.05, 0.1) is 12.8 Å². The highest BCUT2D eigenvalue weighted by atomic mass is 16.5. The van der Waals surface area contributed by atoms with Crippen molar-refractivity contribution in [2.75, 3.05) is 38.2 Å². The second-order valence-electron chi connectivity index (χ2n) is 8.32. The second-order valence-corrected chi connectivity index (χ2v) is 8.32. The first-order chi connectivity index (χ1) is 15.9. The van der Waals surface area contributed by atoms with Crippen LogP contribution in [0.4, 0.5) is 5.82 Å². The van der Waals surface area contributed by atoms with Crippen molar-refractivity contribution in [1.29, 1.82) is 0 Å². The van der Waals surface area contributed by atoms with Gasteiger partial charge in [0.2, 0.25) is 0 Å². The molecular weight excluding hydrogens is 416 g/mol. The molecule has 0 radical (unpaired) electrons. The summed E-state index contributed by atoms with van der Waals surface area (Å²) in [6.45, 7) is 8.58. The molecule has 0 bridgehead atoms. The number of methoxy groups -OCH3 is 1. The van der Waals surface area contributed by atoms with E-state index in [-0.39, 0.29) is 5.91 Å². The van der Waals surface area contributed by atoms with Crippen LogP contribution in [0.2, 0.25) is 0 Å². The van der Waals surface area contributed by atoms with E-state index in [9.17, 15) is 4.79 Å². The summed E-state index contributed by atoms with van der Waals surface area (Å²) in [6, 6.07) is 17.6. The molecule has 3 aromatic rings. The van der Waals surface area contributed by atoms with Crippen LogP contribution in [-0.4, -0.2) is 60.4 Å². The summed E-state index contributed by atoms with van der Waals surface area (Å²) in [5, 5.41) is 8.80. The van der Waals surface area contributed by atoms with Gasteiger partial charge in [-0.1, -0.05) is 6.07 Å². The van der Waals surface area contributed by atoms with Crippen LogP contribution >= 0.6 is 0 Å². The SMILES string of the molecule is COc1ccc(-c2ccc(N3CCN(C(=O)C(C)Oc4ccc(C)c(C)c4)CC3)nn2)cc1. The van der Waals surface area contributed by atoms with Gasteiger partial charge in [-0.3, -0.25) is 4.79 Å². The second kappa shape index (κ2) is 9.90. The molecule has 1 aromatic heterocycles. The monoisotopic (exact) mass is 446 g/mol. The number of hydrogen-bond acceptors (Lipinski definition) is 6. The number of carbonyl (C=O) groups is 1. The maximum atomic E-state index is 12.9. The molecule has 7 heteroatoms. The van der Waals surface area contributed by atoms with Crippen molar-refractivity contribution in [2.45, 2.75) is 26.9 Å². The minimum absolute atomic E-state index is 0.00816. The highest BCUT2D eigenvalue weighted by Crippen LogP contribution is 2.22. The standard InChI is InChI=1S/C26H30N4O3/c1-18-5-8-23(17-19(18)2)33-20(3)26(31)30-15-13-29(14-16-30)25-12-11-24(27-28-25)21-6-9-22(32-4)10-7-21/h5-12,17,20H,13-16H2,1-4H3. The van der Waals surface area contributed by atoms with Crippen LogP contribution < -0.4 is 14.4 Å². The van der Waals surface area contributed by atoms with Crippen LogP contribution in [0.25, 0.3) is 11.3 Å². The minimum atomic E-state index is -0.526. The number of carbonyl (C=O) groups excluding carboxylic acids is 1. The quantitative estimate of drug-likeness (QED) is 0.572. The Kier molecular flexibility index (Phi) is 6.77. The number of nitrogens with zero attached hydrogens (tertiary/aromatic N) is 4. The molecule has 1 atom stereocenters. The van der Waals surface area contributed by atoms with Crippen LogP contribution in [0.5, 0.6) is 11.5 Å². The fourth-order valence-corrected chi connectivity index (χ4v) is 3.86. The van der Waals surface area contributed by atoms with Gasteiger partial charge in [0, 0.05) is 31.7 Å². The van der Waals surface area contributed by atoms with Crippen LogP contribution in [-0.2, 0) is 4.79 Å². The number of ether oxygens (including phenoxy) is 2. The Labute approximate surface area is 195 Å². The molecule has 0 spiro atoms. The molecule has 1 aliphatic heterocycles. The van der Waals surface area contributed by atoms with Gasteiger partial charge in [-0.25, -0.2) is 0 Å². The van der Waals surface area contributed by atoms with Gasteiger partial charge in [0.25, 0.3) is 5.91 Å². The number of aromatic nitrogens is 2. The van der Waals surface area contributed by atoms with E-state index in [0.717, 1.165) is 34.1 Å². The Bertz CT molecular complexity index is 1090. The summed E-state index contributed by atoms with van der Waals surface area (Å²) in [5.41, 5.74) is 4.16. The van der Waals surface area contributed by atoms with Gasteiger partial charge < -0.3 is 19.3 Å². The van der Waals surface area contributed by atoms with E-state index in [1.807, 2.05) is 73.3 Å². The molecule has 0 N–H and O–H groups in total. The van der Waals surface area contributed by atoms with Crippen molar-refractivity contribution in [3.8, 4) is 22.8 Å². The van der Waals surface area contributed by atoms with Gasteiger partial charge >= 0.3 is 0 Å². The molecule has 1 amide bonds. The molecule has 7 nitrogen and oxygen atoms in total. The predicted molar refractivity (Wildman–Crippen MR) is 129 cm³/mol. The lowest BCUT2D eigenvalue weighted by Crippen LogP contribution is -2.52. The average molecular weight is 447 g/mol. The van der Waals surface area contributed by atoms with E-state index in [0.29, 0.717) is 26.2 Å². The third kappa shape index (κ3) is 5.25. The number of hydrogen-bond donors (Lipinski definition) is 0. The Hall–Kier alpha value is -3.61. The summed E-state index contributed by atoms with van der Waals surface area (Å²) in [4.78, 5) is 16.9. The van der Waals surface area contributed by atoms with E-state index >= 15 is 0 Å². The topological polar surface area (TPSA) is 67.8 Å². The first-order valence-corrected chi connectivity index (χ1v) is 11.2. The van der Waals surface area contributed by atoms with Gasteiger partial charge in [0.15, 0.2) is 11.9 Å². The Morgan fingerprint density at radius 1 is 0.879 bits per heavy atom. The maximum absolute atomic E-state index is 12.9. The fourth-order valence-electron chi connectivity index (χ4n) is 3.86. The third-order valence-electron chi connectivity index (χ3n) is 6.09. The maximum Gasteiger partial charge on any atom is 0.263 e. The van der Waals surface area contributed by atoms with Crippen molar-refractivity contribution in [3.63, 3.8) is 0 Å². The molecule has 0 aliphatic carbocycles. The van der Waals surface area contributed by atoms with E-state index in [2.05, 4.69) is 22.0 Å². The minimum Gasteiger partial charge on any atom is -0.497 e. The normalized spacial score (nSPS) is 14.7. The van der Waals surface area contributed by atoms with Gasteiger partial charge in [-0.2, -0.15) is 0 Å². The van der Waals surface area contributed by atoms with E-state index in [1.165, 1.54) is 5.56 Å². The molecule has 4 rings (SSSR count). The average Bonchev–Trinajstić information content (AvgIpc) is 2.86. The first-order valence-electron chi connectivity index (χ1n) is 11.2. The molecule has 2 heterocycles. The van der Waals surface area contributed by atoms with E-state index in [1.54, 1.807) is 7.11 Å². The number of amides is 1. The number of benzene rings is 2. The molecule has 172 valence electrons. The predicted octanol–water partition coefficient (Wildman–Crippen LogP) is 3.89. The van der Waals surface area contributed by atoms with Crippen LogP contribution in [0.3, 0.4) is 0 Å². The molecule has 2 aromatic carbocycles. The zero-order valence-corrected chi connectivity index (χ0v) is 19.6. The molecule has 33 heavy (non-hydrogen) atoms. The molecular formula is C26H30N4O3. The lowest BCUT2D eigenvalue weighted by molar-refractivity contribution is -0.138. The van der Waals surface area contributed by atoms with Gasteiger partial charge in [-0.15, -0.1) is 10.2 Å². The van der Waals surface area contributed by atoms with Crippen LogP contribution in [0.1, 0.15) is 18.1 Å². The Morgan fingerprint density at radius 3 is 2.18 bits per heavy atom. The summed E-state index contributed by atoms with van der Waals surface area (Å²) >= 11 is 0. The highest BCUT2D eigenvalue weighted by Gasteiger charge is 2.26. The summed E-state index contributed by atoms with van der Waals surface area (Å²) in [6.07, 6.45) is -0.526. The molecule has 1 aliphatic rings. The summed E-state index contributed by atoms with van der Waals surface area (Å²) < 4.78 is 11.1. The first kappa shape index (κ1) is 22.6. The zero-order chi connectivity index (χ0) is 23.4. The van der Waals surface area contributed by atoms with Crippen molar-refractivity contribution in [3.05, 3.63) is 65.7 Å². The van der Waals surface area contributed by atoms with Crippen molar-refractivity contribution in [2.24, 2.45) is 0 Å². The largest absolute Gasteiger partial charge is 0.497 e. The van der Waals surface area contributed by atoms with Crippen molar-refractivity contribution >= 4 is 11.7 Å². The molecule has 1 fully saturated rings. The zero-order valence-electron chi connectivity index (χ0n) is 19.6. The van der Waals surface area contributed by atoms with Gasteiger partial charge in [-0.05, 0) is 80.4 Å². The molecule has 1 unspecified atom stereocenters. The summed E-state index contributed by atoms with van der Waals surface area (Å²) in [5.74, 6) is 2.36. The molecule has 0 saturated carbocycles. The molecule has 1 saturated heterocycles. The van der Waals surface area contributed by atoms with Crippen molar-refractivity contribution < 1.29 is 14.3 Å². The van der Waals surface area contributed by atoms with Gasteiger partial charge in [0.1, 0.15) is 11.5 Å². The Morgan fingerprint density at radius 2 is 1.58 bits per heavy atom. The lowest BCUT2D eigenvalue weighted by Gasteiger charge is -2.36. The number of piperazine rings is 1. The number of aryl methyl sites for hydroxylation is 2. The van der Waals surface area contributed by atoms with Crippen LogP contribution in [0, 0.1) is 13.8 Å². The lowest BCUT2D eigenvalue weighted by atomic mass is 10.1. The Balaban J connectivity index is 1.32. The van der Waals surface area contributed by atoms with Crippen LogP contribution in [0.15, 0.2) is 54.6 Å². The van der Waals surface area contributed by atoms with E-state index in [4.69, 9.17) is 9.47 Å². The number of anilines is 1. The fraction of sp³-hybridized carbons (Fsp3) is 0.346. The van der Waals surface area contributed by atoms with Crippen molar-refractivity contribution in [1.82, 2.24) is 15.1 Å². The summed E-state index contributed by atoms with van der Waals surface area (Å²) in [7, 11) is 1.65. The highest BCUT2D eigenvalue weighted by molar-refractivity contribution is 5.81. The number of rotatable bonds is 6.